The summed E-state index contributed by atoms with van der Waals surface area (Å²) in [6.07, 6.45) is -5.19. The van der Waals surface area contributed by atoms with Gasteiger partial charge in [0.1, 0.15) is 18.3 Å². The topological polar surface area (TPSA) is 153 Å². The van der Waals surface area contributed by atoms with Crippen LogP contribution < -0.4 is 68.9 Å². The van der Waals surface area contributed by atoms with Crippen molar-refractivity contribution in [2.24, 2.45) is 0 Å². The summed E-state index contributed by atoms with van der Waals surface area (Å²) in [6, 6.07) is 0. The van der Waals surface area contributed by atoms with Crippen LogP contribution >= 0.6 is 7.82 Å². The van der Waals surface area contributed by atoms with Crippen molar-refractivity contribution < 1.29 is 98.4 Å². The van der Waals surface area contributed by atoms with Crippen molar-refractivity contribution in [1.29, 1.82) is 0 Å². The maximum Gasteiger partial charge on any atom is 1.00 e. The van der Waals surface area contributed by atoms with E-state index in [1.165, 1.54) is 0 Å². The predicted molar refractivity (Wildman–Crippen MR) is 38.7 cm³/mol. The molecule has 0 aliphatic heterocycles. The molecule has 0 bridgehead atoms. The monoisotopic (exact) mass is 276 g/mol. The molecule has 16 heavy (non-hydrogen) atoms. The van der Waals surface area contributed by atoms with E-state index in [1.54, 1.807) is 0 Å². The standard InChI is InChI=1S/C5H13O8P.2Na/c6-1-3(7)5(9)4(8)2-13-14(10,11)12;;/h3-9H,1-2H2,(H2,10,11,12);;/q;2*+1/p-2/t3-,4+,5-;;/m0../s1. The van der Waals surface area contributed by atoms with Crippen LogP contribution in [0.4, 0.5) is 0 Å². The first kappa shape index (κ1) is 23.1. The van der Waals surface area contributed by atoms with Gasteiger partial charge in [-0.15, -0.1) is 0 Å². The molecule has 0 spiro atoms. The first-order valence-corrected chi connectivity index (χ1v) is 5.05. The van der Waals surface area contributed by atoms with Crippen molar-refractivity contribution >= 4 is 7.82 Å². The van der Waals surface area contributed by atoms with Crippen molar-refractivity contribution in [2.75, 3.05) is 13.2 Å². The fourth-order valence-electron chi connectivity index (χ4n) is 0.631. The average molecular weight is 276 g/mol. The molecule has 0 aromatic heterocycles. The molecule has 0 radical (unpaired) electrons. The van der Waals surface area contributed by atoms with Gasteiger partial charge in [0.25, 0.3) is 0 Å². The Morgan fingerprint density at radius 2 is 1.56 bits per heavy atom. The van der Waals surface area contributed by atoms with E-state index in [-0.39, 0.29) is 59.1 Å². The average Bonchev–Trinajstić information content (AvgIpc) is 2.10. The Labute approximate surface area is 136 Å². The third-order valence-corrected chi connectivity index (χ3v) is 1.84. The largest absolute Gasteiger partial charge is 1.00 e. The Kier molecular flexibility index (Phi) is 15.6. The predicted octanol–water partition coefficient (Wildman–Crippen LogP) is -10.1. The quantitative estimate of drug-likeness (QED) is 0.275. The SMILES string of the molecule is O=P([O-])([O-])OC[C@@H](O)[C@@H](O)[C@@H](O)CO.[Na+].[Na+]. The Balaban J connectivity index is -0.000000845. The van der Waals surface area contributed by atoms with E-state index >= 15 is 0 Å². The van der Waals surface area contributed by atoms with Crippen LogP contribution in [-0.2, 0) is 9.09 Å². The molecule has 0 aromatic carbocycles. The van der Waals surface area contributed by atoms with E-state index in [1.807, 2.05) is 0 Å². The van der Waals surface area contributed by atoms with Gasteiger partial charge in [-0.25, -0.2) is 0 Å². The zero-order valence-corrected chi connectivity index (χ0v) is 13.9. The second-order valence-electron chi connectivity index (χ2n) is 2.55. The molecule has 0 aliphatic carbocycles. The van der Waals surface area contributed by atoms with Gasteiger partial charge in [0, 0.05) is 0 Å². The van der Waals surface area contributed by atoms with Gasteiger partial charge in [-0.2, -0.15) is 0 Å². The molecule has 0 rings (SSSR count). The fraction of sp³-hybridized carbons (Fsp3) is 1.00. The fourth-order valence-corrected chi connectivity index (χ4v) is 0.966. The minimum Gasteiger partial charge on any atom is -0.790 e. The zero-order chi connectivity index (χ0) is 11.4. The van der Waals surface area contributed by atoms with E-state index in [0.717, 1.165) is 0 Å². The number of phosphoric acid groups is 1. The first-order valence-electron chi connectivity index (χ1n) is 3.59. The van der Waals surface area contributed by atoms with Gasteiger partial charge < -0.3 is 39.3 Å². The molecule has 0 saturated heterocycles. The third kappa shape index (κ3) is 11.1. The summed E-state index contributed by atoms with van der Waals surface area (Å²) in [5.41, 5.74) is 0. The van der Waals surface area contributed by atoms with Crippen LogP contribution in [0.5, 0.6) is 0 Å². The number of aliphatic hydroxyl groups excluding tert-OH is 4. The van der Waals surface area contributed by atoms with Crippen LogP contribution in [0, 0.1) is 0 Å². The second-order valence-corrected chi connectivity index (χ2v) is 3.70. The molecule has 11 heteroatoms. The number of hydrogen-bond acceptors (Lipinski definition) is 8. The van der Waals surface area contributed by atoms with Crippen molar-refractivity contribution in [3.05, 3.63) is 0 Å². The normalized spacial score (nSPS) is 16.6. The van der Waals surface area contributed by atoms with E-state index in [0.29, 0.717) is 0 Å². The molecule has 0 aromatic rings. The van der Waals surface area contributed by atoms with Gasteiger partial charge in [0.15, 0.2) is 0 Å². The molecule has 0 heterocycles. The smallest absolute Gasteiger partial charge is 0.790 e. The van der Waals surface area contributed by atoms with Crippen LogP contribution in [0.3, 0.4) is 0 Å². The number of hydrogen-bond donors (Lipinski definition) is 4. The minimum atomic E-state index is -5.21. The van der Waals surface area contributed by atoms with Crippen molar-refractivity contribution in [3.63, 3.8) is 0 Å². The zero-order valence-electron chi connectivity index (χ0n) is 9.02. The maximum atomic E-state index is 9.94. The van der Waals surface area contributed by atoms with E-state index in [2.05, 4.69) is 4.52 Å². The summed E-state index contributed by atoms with van der Waals surface area (Å²) < 4.78 is 13.6. The molecule has 4 N–H and O–H groups in total. The molecule has 8 nitrogen and oxygen atoms in total. The van der Waals surface area contributed by atoms with Crippen LogP contribution in [0.1, 0.15) is 0 Å². The van der Waals surface area contributed by atoms with E-state index in [9.17, 15) is 14.4 Å². The summed E-state index contributed by atoms with van der Waals surface area (Å²) in [5, 5.41) is 35.0. The van der Waals surface area contributed by atoms with Crippen molar-refractivity contribution in [3.8, 4) is 0 Å². The van der Waals surface area contributed by atoms with Gasteiger partial charge in [0.05, 0.1) is 21.0 Å². The molecule has 0 amide bonds. The Bertz CT molecular complexity index is 211. The minimum absolute atomic E-state index is 0. The van der Waals surface area contributed by atoms with E-state index < -0.39 is 39.3 Å². The van der Waals surface area contributed by atoms with Gasteiger partial charge >= 0.3 is 59.1 Å². The number of rotatable bonds is 6. The summed E-state index contributed by atoms with van der Waals surface area (Å²) in [4.78, 5) is 19.9. The molecule has 3 atom stereocenters. The summed E-state index contributed by atoms with van der Waals surface area (Å²) >= 11 is 0. The Hall–Kier alpha value is 1.95. The summed E-state index contributed by atoms with van der Waals surface area (Å²) in [6.45, 7) is -1.78. The van der Waals surface area contributed by atoms with Crippen LogP contribution in [0.2, 0.25) is 0 Å². The summed E-state index contributed by atoms with van der Waals surface area (Å²) in [5.74, 6) is 0. The molecule has 86 valence electrons. The van der Waals surface area contributed by atoms with E-state index in [4.69, 9.17) is 20.4 Å². The van der Waals surface area contributed by atoms with Crippen LogP contribution in [-0.4, -0.2) is 52.0 Å². The van der Waals surface area contributed by atoms with Crippen LogP contribution in [0.15, 0.2) is 0 Å². The van der Waals surface area contributed by atoms with Crippen molar-refractivity contribution in [1.82, 2.24) is 0 Å². The maximum absolute atomic E-state index is 9.94. The number of phosphoric ester groups is 1. The van der Waals surface area contributed by atoms with Crippen molar-refractivity contribution in [2.45, 2.75) is 18.3 Å². The van der Waals surface area contributed by atoms with Gasteiger partial charge in [0.2, 0.25) is 0 Å². The van der Waals surface area contributed by atoms with Gasteiger partial charge in [-0.1, -0.05) is 0 Å². The Morgan fingerprint density at radius 1 is 1.12 bits per heavy atom. The summed E-state index contributed by atoms with van der Waals surface area (Å²) in [7, 11) is -5.21. The first-order chi connectivity index (χ1) is 6.28. The molecular weight excluding hydrogens is 265 g/mol. The van der Waals surface area contributed by atoms with Crippen LogP contribution in [0.25, 0.3) is 0 Å². The second kappa shape index (κ2) is 10.8. The number of aliphatic hydroxyl groups is 4. The molecular formula is C5H11Na2O8P. The molecule has 0 fully saturated rings. The molecule has 0 aliphatic rings. The van der Waals surface area contributed by atoms with Gasteiger partial charge in [-0.3, -0.25) is 0 Å². The Morgan fingerprint density at radius 3 is 1.88 bits per heavy atom. The third-order valence-electron chi connectivity index (χ3n) is 1.38. The van der Waals surface area contributed by atoms with Gasteiger partial charge in [-0.05, 0) is 0 Å². The molecule has 0 unspecified atom stereocenters. The molecule has 0 saturated carbocycles.